The average Bonchev–Trinajstić information content (AvgIpc) is 2.25. The third-order valence-electron chi connectivity index (χ3n) is 3.19. The molecule has 4 nitrogen and oxygen atoms in total. The lowest BCUT2D eigenvalue weighted by Crippen LogP contribution is -2.44. The van der Waals surface area contributed by atoms with Gasteiger partial charge >= 0.3 is 0 Å². The van der Waals surface area contributed by atoms with Crippen molar-refractivity contribution < 1.29 is 9.63 Å². The van der Waals surface area contributed by atoms with Crippen molar-refractivity contribution in [1.29, 1.82) is 0 Å². The molecule has 0 aromatic carbocycles. The van der Waals surface area contributed by atoms with Crippen molar-refractivity contribution in [3.05, 3.63) is 0 Å². The van der Waals surface area contributed by atoms with Gasteiger partial charge in [0, 0.05) is 18.5 Å². The van der Waals surface area contributed by atoms with Crippen LogP contribution in [0.5, 0.6) is 0 Å². The minimum atomic E-state index is -0.257. The van der Waals surface area contributed by atoms with E-state index in [1.807, 2.05) is 25.7 Å². The smallest absolute Gasteiger partial charge is 0.227 e. The summed E-state index contributed by atoms with van der Waals surface area (Å²) in [6, 6.07) is 0. The lowest BCUT2D eigenvalue weighted by molar-refractivity contribution is -0.141. The molecule has 0 bridgehead atoms. The van der Waals surface area contributed by atoms with E-state index in [0.717, 1.165) is 32.4 Å². The number of amides is 1. The maximum atomic E-state index is 12.0. The van der Waals surface area contributed by atoms with Crippen LogP contribution in [0.15, 0.2) is 0 Å². The second-order valence-corrected chi connectivity index (χ2v) is 5.65. The van der Waals surface area contributed by atoms with E-state index in [4.69, 9.17) is 5.90 Å². The van der Waals surface area contributed by atoms with Gasteiger partial charge in [-0.3, -0.25) is 4.79 Å². The molecule has 0 aromatic rings. The highest BCUT2D eigenvalue weighted by Crippen LogP contribution is 2.24. The summed E-state index contributed by atoms with van der Waals surface area (Å²) in [6.45, 7) is 8.31. The summed E-state index contributed by atoms with van der Waals surface area (Å²) >= 11 is 0. The molecule has 1 aliphatic rings. The van der Waals surface area contributed by atoms with Crippen LogP contribution >= 0.6 is 0 Å². The molecule has 1 rings (SSSR count). The molecule has 0 spiro atoms. The zero-order valence-corrected chi connectivity index (χ0v) is 10.7. The number of nitrogens with zero attached hydrogens (tertiary/aromatic N) is 1. The molecule has 0 unspecified atom stereocenters. The minimum Gasteiger partial charge on any atom is -0.342 e. The van der Waals surface area contributed by atoms with Gasteiger partial charge in [0.15, 0.2) is 0 Å². The van der Waals surface area contributed by atoms with E-state index in [-0.39, 0.29) is 11.3 Å². The molecule has 94 valence electrons. The van der Waals surface area contributed by atoms with Crippen molar-refractivity contribution in [2.75, 3.05) is 19.7 Å². The average molecular weight is 228 g/mol. The molecule has 0 atom stereocenters. The first-order valence-corrected chi connectivity index (χ1v) is 6.06. The van der Waals surface area contributed by atoms with Crippen LogP contribution in [0.2, 0.25) is 0 Å². The van der Waals surface area contributed by atoms with Gasteiger partial charge in [0.2, 0.25) is 5.91 Å². The van der Waals surface area contributed by atoms with Gasteiger partial charge < -0.3 is 9.74 Å². The van der Waals surface area contributed by atoms with Gasteiger partial charge in [0.25, 0.3) is 0 Å². The van der Waals surface area contributed by atoms with Crippen molar-refractivity contribution in [1.82, 2.24) is 4.90 Å². The molecular weight excluding hydrogens is 204 g/mol. The van der Waals surface area contributed by atoms with Crippen LogP contribution < -0.4 is 5.90 Å². The molecule has 2 N–H and O–H groups in total. The van der Waals surface area contributed by atoms with Crippen molar-refractivity contribution in [2.45, 2.75) is 40.0 Å². The zero-order chi connectivity index (χ0) is 12.2. The number of likely N-dealkylation sites (tertiary alicyclic amines) is 1. The number of nitrogens with two attached hydrogens (primary N) is 1. The quantitative estimate of drug-likeness (QED) is 0.746. The maximum Gasteiger partial charge on any atom is 0.227 e. The first-order chi connectivity index (χ1) is 7.45. The first kappa shape index (κ1) is 13.5. The monoisotopic (exact) mass is 228 g/mol. The molecule has 4 heteroatoms. The summed E-state index contributed by atoms with van der Waals surface area (Å²) in [5.74, 6) is 5.94. The van der Waals surface area contributed by atoms with Crippen LogP contribution in [0.4, 0.5) is 0 Å². The predicted molar refractivity (Wildman–Crippen MR) is 63.5 cm³/mol. The van der Waals surface area contributed by atoms with Gasteiger partial charge in [-0.1, -0.05) is 20.8 Å². The zero-order valence-electron chi connectivity index (χ0n) is 10.7. The summed E-state index contributed by atoms with van der Waals surface area (Å²) in [5.41, 5.74) is -0.257. The molecule has 0 radical (unpaired) electrons. The normalized spacial score (nSPS) is 18.9. The highest BCUT2D eigenvalue weighted by molar-refractivity contribution is 5.81. The van der Waals surface area contributed by atoms with Crippen LogP contribution in [0, 0.1) is 11.3 Å². The lowest BCUT2D eigenvalue weighted by Gasteiger charge is -2.35. The SMILES string of the molecule is CC(C)(C)C(=O)N1CCC(CCON)CC1. The van der Waals surface area contributed by atoms with Crippen LogP contribution in [-0.4, -0.2) is 30.5 Å². The van der Waals surface area contributed by atoms with Gasteiger partial charge in [-0.2, -0.15) is 0 Å². The summed E-state index contributed by atoms with van der Waals surface area (Å²) in [7, 11) is 0. The predicted octanol–water partition coefficient (Wildman–Crippen LogP) is 1.55. The second kappa shape index (κ2) is 5.64. The van der Waals surface area contributed by atoms with Crippen molar-refractivity contribution in [2.24, 2.45) is 17.2 Å². The third kappa shape index (κ3) is 3.76. The van der Waals surface area contributed by atoms with E-state index >= 15 is 0 Å². The van der Waals surface area contributed by atoms with Crippen LogP contribution in [-0.2, 0) is 9.63 Å². The van der Waals surface area contributed by atoms with Crippen molar-refractivity contribution in [3.63, 3.8) is 0 Å². The largest absolute Gasteiger partial charge is 0.342 e. The summed E-state index contributed by atoms with van der Waals surface area (Å²) in [5, 5.41) is 0. The first-order valence-electron chi connectivity index (χ1n) is 6.06. The third-order valence-corrected chi connectivity index (χ3v) is 3.19. The molecule has 0 aliphatic carbocycles. The van der Waals surface area contributed by atoms with Crippen LogP contribution in [0.1, 0.15) is 40.0 Å². The fourth-order valence-electron chi connectivity index (χ4n) is 2.13. The number of piperidine rings is 1. The second-order valence-electron chi connectivity index (χ2n) is 5.65. The summed E-state index contributed by atoms with van der Waals surface area (Å²) < 4.78 is 0. The molecule has 16 heavy (non-hydrogen) atoms. The molecule has 1 amide bonds. The van der Waals surface area contributed by atoms with Crippen molar-refractivity contribution in [3.8, 4) is 0 Å². The standard InChI is InChI=1S/C12H24N2O2/c1-12(2,3)11(15)14-7-4-10(5-8-14)6-9-16-13/h10H,4-9,13H2,1-3H3. The Labute approximate surface area is 98.1 Å². The fourth-order valence-corrected chi connectivity index (χ4v) is 2.13. The molecule has 1 heterocycles. The maximum absolute atomic E-state index is 12.0. The van der Waals surface area contributed by atoms with Crippen LogP contribution in [0.25, 0.3) is 0 Å². The van der Waals surface area contributed by atoms with Gasteiger partial charge in [0.1, 0.15) is 0 Å². The number of hydrogen-bond donors (Lipinski definition) is 1. The molecular formula is C12H24N2O2. The topological polar surface area (TPSA) is 55.6 Å². The van der Waals surface area contributed by atoms with E-state index in [0.29, 0.717) is 12.5 Å². The Bertz CT molecular complexity index is 228. The highest BCUT2D eigenvalue weighted by Gasteiger charge is 2.29. The fraction of sp³-hybridized carbons (Fsp3) is 0.917. The van der Waals surface area contributed by atoms with Gasteiger partial charge in [-0.15, -0.1) is 0 Å². The molecule has 1 aliphatic heterocycles. The Morgan fingerprint density at radius 2 is 1.94 bits per heavy atom. The number of rotatable bonds is 3. The van der Waals surface area contributed by atoms with Crippen molar-refractivity contribution >= 4 is 5.91 Å². The van der Waals surface area contributed by atoms with Gasteiger partial charge in [0.05, 0.1) is 6.61 Å². The number of hydrogen-bond acceptors (Lipinski definition) is 3. The Kier molecular flexibility index (Phi) is 4.74. The number of carbonyl (C=O) groups excluding carboxylic acids is 1. The van der Waals surface area contributed by atoms with E-state index < -0.39 is 0 Å². The summed E-state index contributed by atoms with van der Waals surface area (Å²) in [4.78, 5) is 18.6. The van der Waals surface area contributed by atoms with Crippen LogP contribution in [0.3, 0.4) is 0 Å². The Morgan fingerprint density at radius 3 is 2.38 bits per heavy atom. The highest BCUT2D eigenvalue weighted by atomic mass is 16.6. The molecule has 1 saturated heterocycles. The van der Waals surface area contributed by atoms with E-state index in [9.17, 15) is 4.79 Å². The number of carbonyl (C=O) groups is 1. The lowest BCUT2D eigenvalue weighted by atomic mass is 9.90. The minimum absolute atomic E-state index is 0.257. The molecule has 0 saturated carbocycles. The van der Waals surface area contributed by atoms with Gasteiger partial charge in [-0.25, -0.2) is 5.90 Å². The molecule has 0 aromatic heterocycles. The van der Waals surface area contributed by atoms with E-state index in [1.54, 1.807) is 0 Å². The van der Waals surface area contributed by atoms with Gasteiger partial charge in [-0.05, 0) is 25.2 Å². The Hall–Kier alpha value is -0.610. The van der Waals surface area contributed by atoms with E-state index in [2.05, 4.69) is 4.84 Å². The summed E-state index contributed by atoms with van der Waals surface area (Å²) in [6.07, 6.45) is 3.16. The van der Waals surface area contributed by atoms with E-state index in [1.165, 1.54) is 0 Å². The Balaban J connectivity index is 2.34. The Morgan fingerprint density at radius 1 is 1.38 bits per heavy atom. The molecule has 1 fully saturated rings.